The molecule has 2 atom stereocenters. The van der Waals surface area contributed by atoms with E-state index < -0.39 is 0 Å². The van der Waals surface area contributed by atoms with Gasteiger partial charge in [0.05, 0.1) is 46.8 Å². The van der Waals surface area contributed by atoms with Crippen molar-refractivity contribution in [1.82, 2.24) is 40.5 Å². The van der Waals surface area contributed by atoms with Crippen molar-refractivity contribution in [2.75, 3.05) is 13.1 Å². The molecule has 2 unspecified atom stereocenters. The molecule has 2 aromatic carbocycles. The summed E-state index contributed by atoms with van der Waals surface area (Å²) in [6.07, 6.45) is 8.24. The van der Waals surface area contributed by atoms with Gasteiger partial charge in [0, 0.05) is 11.1 Å². The van der Waals surface area contributed by atoms with Crippen molar-refractivity contribution >= 4 is 10.9 Å². The molecule has 3 aromatic heterocycles. The number of imidazole rings is 2. The predicted molar refractivity (Wildman–Crippen MR) is 143 cm³/mol. The van der Waals surface area contributed by atoms with Crippen LogP contribution in [0.5, 0.6) is 0 Å². The molecule has 2 saturated heterocycles. The molecular weight excluding hydrogens is 464 g/mol. The van der Waals surface area contributed by atoms with Gasteiger partial charge in [0.1, 0.15) is 17.5 Å². The lowest BCUT2D eigenvalue weighted by molar-refractivity contribution is 0.613. The quantitative estimate of drug-likeness (QED) is 0.250. The van der Waals surface area contributed by atoms with Gasteiger partial charge in [0.15, 0.2) is 0 Å². The molecule has 0 bridgehead atoms. The molecule has 0 saturated carbocycles. The topological polar surface area (TPSA) is 127 Å². The summed E-state index contributed by atoms with van der Waals surface area (Å²) in [7, 11) is 0. The Bertz CT molecular complexity index is 1620. The molecule has 0 aliphatic carbocycles. The Morgan fingerprint density at radius 3 is 1.92 bits per heavy atom. The highest BCUT2D eigenvalue weighted by molar-refractivity contribution is 5.84. The van der Waals surface area contributed by atoms with Gasteiger partial charge >= 0.3 is 0 Å². The molecule has 7 rings (SSSR count). The number of fused-ring (bicyclic) bond motifs is 1. The summed E-state index contributed by atoms with van der Waals surface area (Å²) < 4.78 is 0. The van der Waals surface area contributed by atoms with Gasteiger partial charge in [-0.1, -0.05) is 30.3 Å². The summed E-state index contributed by atoms with van der Waals surface area (Å²) in [6.45, 7) is 2.06. The van der Waals surface area contributed by atoms with E-state index in [2.05, 4.69) is 35.6 Å². The van der Waals surface area contributed by atoms with Crippen LogP contribution in [0.15, 0.2) is 59.7 Å². The van der Waals surface area contributed by atoms with E-state index >= 15 is 0 Å². The Morgan fingerprint density at radius 1 is 0.703 bits per heavy atom. The minimum Gasteiger partial charge on any atom is -0.341 e. The molecule has 0 amide bonds. The van der Waals surface area contributed by atoms with Crippen molar-refractivity contribution in [2.45, 2.75) is 37.8 Å². The minimum atomic E-state index is -0.162. The highest BCUT2D eigenvalue weighted by Gasteiger charge is 2.20. The van der Waals surface area contributed by atoms with Crippen LogP contribution in [-0.4, -0.2) is 43.0 Å². The van der Waals surface area contributed by atoms with Crippen molar-refractivity contribution in [2.24, 2.45) is 0 Å². The SMILES string of the molecule is O=c1[nH]c(-c2ccc(-c3cnc(C4CCCN4)[nH]3)cc2)nc2ccc(-c3cnc(C4CCCN4)[nH]3)cc12. The maximum atomic E-state index is 13.0. The summed E-state index contributed by atoms with van der Waals surface area (Å²) in [4.78, 5) is 36.7. The third-order valence-corrected chi connectivity index (χ3v) is 7.46. The summed E-state index contributed by atoms with van der Waals surface area (Å²) in [5.74, 6) is 2.48. The van der Waals surface area contributed by atoms with Crippen LogP contribution in [0.4, 0.5) is 0 Å². The average Bonchev–Trinajstić information content (AvgIpc) is 3.75. The Kier molecular flexibility index (Phi) is 5.44. The monoisotopic (exact) mass is 492 g/mol. The molecule has 2 fully saturated rings. The van der Waals surface area contributed by atoms with Gasteiger partial charge < -0.3 is 25.6 Å². The van der Waals surface area contributed by atoms with Gasteiger partial charge in [-0.05, 0) is 56.5 Å². The number of benzene rings is 2. The van der Waals surface area contributed by atoms with Gasteiger partial charge in [0.25, 0.3) is 5.56 Å². The van der Waals surface area contributed by atoms with Gasteiger partial charge in [-0.3, -0.25) is 4.79 Å². The fourth-order valence-corrected chi connectivity index (χ4v) is 5.41. The minimum absolute atomic E-state index is 0.162. The molecule has 9 heteroatoms. The van der Waals surface area contributed by atoms with Crippen molar-refractivity contribution in [3.63, 3.8) is 0 Å². The second kappa shape index (κ2) is 9.10. The van der Waals surface area contributed by atoms with E-state index in [0.717, 1.165) is 72.1 Å². The number of aromatic nitrogens is 6. The van der Waals surface area contributed by atoms with Crippen molar-refractivity contribution in [1.29, 1.82) is 0 Å². The first-order chi connectivity index (χ1) is 18.2. The number of hydrogen-bond donors (Lipinski definition) is 5. The third-order valence-electron chi connectivity index (χ3n) is 7.46. The third kappa shape index (κ3) is 4.16. The summed E-state index contributed by atoms with van der Waals surface area (Å²) in [5.41, 5.74) is 5.19. The number of aromatic amines is 3. The van der Waals surface area contributed by atoms with E-state index in [4.69, 9.17) is 4.98 Å². The maximum Gasteiger partial charge on any atom is 0.259 e. The first-order valence-electron chi connectivity index (χ1n) is 12.9. The summed E-state index contributed by atoms with van der Waals surface area (Å²) >= 11 is 0. The zero-order valence-corrected chi connectivity index (χ0v) is 20.3. The predicted octanol–water partition coefficient (Wildman–Crippen LogP) is 4.22. The Morgan fingerprint density at radius 2 is 1.30 bits per heavy atom. The molecule has 186 valence electrons. The molecule has 0 spiro atoms. The van der Waals surface area contributed by atoms with Crippen molar-refractivity contribution in [3.8, 4) is 33.9 Å². The second-order valence-electron chi connectivity index (χ2n) is 9.89. The Labute approximate surface area is 213 Å². The van der Waals surface area contributed by atoms with Crippen LogP contribution >= 0.6 is 0 Å². The molecule has 5 N–H and O–H groups in total. The molecule has 9 nitrogen and oxygen atoms in total. The van der Waals surface area contributed by atoms with Gasteiger partial charge in [-0.25, -0.2) is 15.0 Å². The van der Waals surface area contributed by atoms with Crippen LogP contribution in [0.3, 0.4) is 0 Å². The van der Waals surface area contributed by atoms with Gasteiger partial charge in [-0.15, -0.1) is 0 Å². The zero-order valence-electron chi connectivity index (χ0n) is 20.3. The number of rotatable bonds is 5. The zero-order chi connectivity index (χ0) is 24.8. The van der Waals surface area contributed by atoms with E-state index in [0.29, 0.717) is 22.8 Å². The largest absolute Gasteiger partial charge is 0.341 e. The van der Waals surface area contributed by atoms with Crippen LogP contribution in [0.2, 0.25) is 0 Å². The van der Waals surface area contributed by atoms with E-state index in [1.165, 1.54) is 6.42 Å². The van der Waals surface area contributed by atoms with Gasteiger partial charge in [-0.2, -0.15) is 0 Å². The van der Waals surface area contributed by atoms with Crippen LogP contribution in [0.25, 0.3) is 44.8 Å². The fraction of sp³-hybridized carbons (Fsp3) is 0.286. The molecule has 5 aromatic rings. The van der Waals surface area contributed by atoms with E-state index in [1.54, 1.807) is 0 Å². The standard InChI is InChI=1S/C28H28N8O/c37-28-19-13-18(24-15-32-27(35-24)22-4-2-12-30-22)9-10-20(19)33-25(36-28)17-7-5-16(6-8-17)23-14-31-26(34-23)21-3-1-11-29-21/h5-10,13-15,21-22,29-30H,1-4,11-12H2,(H,31,34)(H,32,35)(H,33,36,37). The molecule has 2 aliphatic heterocycles. The fourth-order valence-electron chi connectivity index (χ4n) is 5.41. The normalized spacial score (nSPS) is 19.7. The lowest BCUT2D eigenvalue weighted by Crippen LogP contribution is -2.14. The molecule has 2 aliphatic rings. The van der Waals surface area contributed by atoms with Crippen LogP contribution in [-0.2, 0) is 0 Å². The number of nitrogens with one attached hydrogen (secondary N) is 5. The lowest BCUT2D eigenvalue weighted by Gasteiger charge is -2.07. The lowest BCUT2D eigenvalue weighted by atomic mass is 10.1. The second-order valence-corrected chi connectivity index (χ2v) is 9.89. The van der Waals surface area contributed by atoms with Crippen LogP contribution < -0.4 is 16.2 Å². The number of nitrogens with zero attached hydrogens (tertiary/aromatic N) is 3. The summed E-state index contributed by atoms with van der Waals surface area (Å²) in [6, 6.07) is 14.3. The van der Waals surface area contributed by atoms with E-state index in [-0.39, 0.29) is 11.6 Å². The highest BCUT2D eigenvalue weighted by atomic mass is 16.1. The van der Waals surface area contributed by atoms with Gasteiger partial charge in [0.2, 0.25) is 0 Å². The Hall–Kier alpha value is -4.08. The van der Waals surface area contributed by atoms with Crippen LogP contribution in [0.1, 0.15) is 49.4 Å². The number of hydrogen-bond acceptors (Lipinski definition) is 6. The maximum absolute atomic E-state index is 13.0. The number of H-pyrrole nitrogens is 3. The Balaban J connectivity index is 1.15. The molecule has 0 radical (unpaired) electrons. The molecular formula is C28H28N8O. The summed E-state index contributed by atoms with van der Waals surface area (Å²) in [5, 5.41) is 7.48. The smallest absolute Gasteiger partial charge is 0.259 e. The molecule has 37 heavy (non-hydrogen) atoms. The van der Waals surface area contributed by atoms with Crippen LogP contribution in [0, 0.1) is 0 Å². The van der Waals surface area contributed by atoms with Crippen molar-refractivity contribution in [3.05, 3.63) is 76.9 Å². The average molecular weight is 493 g/mol. The molecule has 5 heterocycles. The highest BCUT2D eigenvalue weighted by Crippen LogP contribution is 2.28. The van der Waals surface area contributed by atoms with E-state index in [1.807, 2.05) is 54.9 Å². The first kappa shape index (κ1) is 22.1. The van der Waals surface area contributed by atoms with Crippen molar-refractivity contribution < 1.29 is 0 Å². The first-order valence-corrected chi connectivity index (χ1v) is 12.9. The van der Waals surface area contributed by atoms with E-state index in [9.17, 15) is 4.79 Å².